The molecule has 13 aromatic rings. The standard InChI is InChI=1S/C26H23N3O4.C25H18FN5O5.C24H18FN3O4.C23H20N4O5/c1-17-11-12-19-14-29(23(30)20(19)13-17)16-26(24(31)27-25(32)28-26)21-9-5-6-10-22(21)33-15-18-7-3-2-4-8-18;26-17-4-2-16(3-5-17)25(23(33)27-24(34)28-25)13-31-11-15-10-18(6-7-19(15)22(31)32)35-12-14-1-8-20-21(9-14)30-36-29-20;25-17-10-9-15-13-28(21(29)20(15)12-17)14-24(22(30)26-23(31)27-24)16-5-4-8-19(11-16)32-18-6-2-1-3-7-18;1-14-19(32-13-24-14)11-31-18-9-5-4-8-17(18)23(21(29)25-22(30)26-23)12-27-10-15-6-2-3-7-16(15)20(27)28/h2-13H,14-16H2,1H3,(H2,27,28,31,32);1-10H,11-13H2,(H2,27,28,33,34);1-12H,13-14H2,(H2,26,27,30,31);2-9,13H,10-12H2,1H3,(H2,25,26,29,30). The Morgan fingerprint density at radius 2 is 0.835 bits per heavy atom. The highest BCUT2D eigenvalue weighted by Gasteiger charge is 2.56. The quantitative estimate of drug-likeness (QED) is 0.0276. The fourth-order valence-electron chi connectivity index (χ4n) is 17.3. The van der Waals surface area contributed by atoms with E-state index in [0.29, 0.717) is 115 Å². The van der Waals surface area contributed by atoms with Crippen molar-refractivity contribution in [3.05, 3.63) is 368 Å². The van der Waals surface area contributed by atoms with E-state index < -0.39 is 87.5 Å². The fourth-order valence-corrected chi connectivity index (χ4v) is 17.3. The van der Waals surface area contributed by atoms with Crippen molar-refractivity contribution in [2.75, 3.05) is 26.2 Å². The van der Waals surface area contributed by atoms with E-state index in [1.54, 1.807) is 138 Å². The van der Waals surface area contributed by atoms with Crippen LogP contribution < -0.4 is 61.5 Å². The number of hydrogen-bond donors (Lipinski definition) is 8. The van der Waals surface area contributed by atoms with E-state index in [1.807, 2.05) is 104 Å². The molecule has 668 valence electrons. The highest BCUT2D eigenvalue weighted by molar-refractivity contribution is 6.12. The molecule has 16 amide bonds. The zero-order valence-corrected chi connectivity index (χ0v) is 70.8. The SMILES string of the molecule is Cc1ccc2c(c1)C(=O)N(CC1(c3ccccc3OCc3ccccc3)NC(=O)NC1=O)C2.Cc1ncoc1COc1ccccc1C1(CN2Cc3ccccc3C2=O)NC(=O)NC1=O.O=C1NC(=O)C(CN2Cc3cc(OCc4ccc5nonc5c4)ccc3C2=O)(c2ccc(F)cc2)N1.O=C1NC(=O)C(CN2Cc3ccc(F)cc3C2=O)(c2cccc(Oc3ccccc3)c2)N1. The van der Waals surface area contributed by atoms with Gasteiger partial charge in [0.25, 0.3) is 47.3 Å². The van der Waals surface area contributed by atoms with Crippen LogP contribution in [0.5, 0.6) is 28.7 Å². The molecule has 0 aliphatic carbocycles. The van der Waals surface area contributed by atoms with Gasteiger partial charge in [0.15, 0.2) is 34.3 Å². The van der Waals surface area contributed by atoms with E-state index >= 15 is 0 Å². The Morgan fingerprint density at radius 1 is 0.361 bits per heavy atom. The third-order valence-electron chi connectivity index (χ3n) is 23.9. The first kappa shape index (κ1) is 86.5. The molecule has 8 aliphatic rings. The van der Waals surface area contributed by atoms with Crippen LogP contribution in [0.1, 0.15) is 114 Å². The van der Waals surface area contributed by atoms with Crippen molar-refractivity contribution in [3.63, 3.8) is 0 Å². The van der Waals surface area contributed by atoms with Crippen molar-refractivity contribution in [1.29, 1.82) is 0 Å². The average molecular weight is 1790 g/mol. The largest absolute Gasteiger partial charge is 0.489 e. The normalized spacial score (nSPS) is 19.3. The molecule has 0 saturated carbocycles. The van der Waals surface area contributed by atoms with E-state index in [2.05, 4.69) is 57.8 Å². The third-order valence-corrected chi connectivity index (χ3v) is 23.9. The molecule has 11 aromatic carbocycles. The number of carbonyl (C=O) groups excluding carboxylic acids is 12. The predicted molar refractivity (Wildman–Crippen MR) is 468 cm³/mol. The average Bonchev–Trinajstić information content (AvgIpc) is 1.61. The summed E-state index contributed by atoms with van der Waals surface area (Å²) in [4.78, 5) is 163. The number of hydrogen-bond acceptors (Lipinski definition) is 21. The lowest BCUT2D eigenvalue weighted by atomic mass is 9.88. The number of para-hydroxylation sites is 3. The minimum Gasteiger partial charge on any atom is -0.489 e. The number of urea groups is 4. The number of benzene rings is 11. The molecule has 4 saturated heterocycles. The van der Waals surface area contributed by atoms with Crippen LogP contribution >= 0.6 is 0 Å². The van der Waals surface area contributed by atoms with Crippen molar-refractivity contribution >= 4 is 82.4 Å². The molecule has 4 atom stereocenters. The highest BCUT2D eigenvalue weighted by Crippen LogP contribution is 2.42. The lowest BCUT2D eigenvalue weighted by Crippen LogP contribution is -2.52. The highest BCUT2D eigenvalue weighted by atomic mass is 19.1. The number of halogens is 2. The summed E-state index contributed by atoms with van der Waals surface area (Å²) in [5.74, 6) is -1.17. The molecule has 0 bridgehead atoms. The van der Waals surface area contributed by atoms with E-state index in [-0.39, 0.29) is 75.8 Å². The van der Waals surface area contributed by atoms with Crippen LogP contribution in [0.3, 0.4) is 0 Å². The maximum atomic E-state index is 13.6. The molecule has 8 N–H and O–H groups in total. The molecule has 133 heavy (non-hydrogen) atoms. The van der Waals surface area contributed by atoms with E-state index in [0.717, 1.165) is 33.4 Å². The van der Waals surface area contributed by atoms with Gasteiger partial charge in [-0.1, -0.05) is 157 Å². The van der Waals surface area contributed by atoms with Gasteiger partial charge >= 0.3 is 24.1 Å². The summed E-state index contributed by atoms with van der Waals surface area (Å²) in [6.07, 6.45) is 1.34. The lowest BCUT2D eigenvalue weighted by molar-refractivity contribution is -0.125. The number of aryl methyl sites for hydroxylation is 2. The molecule has 33 nitrogen and oxygen atoms in total. The molecule has 4 fully saturated rings. The minimum absolute atomic E-state index is 0.0111. The van der Waals surface area contributed by atoms with Gasteiger partial charge in [-0.2, -0.15) is 0 Å². The number of rotatable bonds is 23. The Hall–Kier alpha value is -17.3. The Kier molecular flexibility index (Phi) is 23.2. The lowest BCUT2D eigenvalue weighted by Gasteiger charge is -2.32. The van der Waals surface area contributed by atoms with E-state index in [4.69, 9.17) is 28.0 Å². The van der Waals surface area contributed by atoms with Gasteiger partial charge in [-0.15, -0.1) is 0 Å². The Morgan fingerprint density at radius 3 is 1.41 bits per heavy atom. The molecule has 21 rings (SSSR count). The van der Waals surface area contributed by atoms with Gasteiger partial charge in [-0.3, -0.25) is 59.6 Å². The van der Waals surface area contributed by atoms with Gasteiger partial charge in [-0.05, 0) is 172 Å². The number of amides is 16. The zero-order chi connectivity index (χ0) is 92.5. The smallest absolute Gasteiger partial charge is 0.322 e. The molecular weight excluding hydrogens is 1710 g/mol. The number of aromatic nitrogens is 3. The number of nitrogens with zero attached hydrogens (tertiary/aromatic N) is 7. The van der Waals surface area contributed by atoms with E-state index in [1.165, 1.54) is 52.6 Å². The van der Waals surface area contributed by atoms with Crippen LogP contribution in [0, 0.1) is 25.5 Å². The molecule has 0 spiro atoms. The Labute approximate surface area is 755 Å². The summed E-state index contributed by atoms with van der Waals surface area (Å²) < 4.78 is 61.0. The summed E-state index contributed by atoms with van der Waals surface area (Å²) in [5.41, 5.74) is 5.74. The number of fused-ring (bicyclic) bond motifs is 5. The van der Waals surface area contributed by atoms with Gasteiger partial charge in [0.05, 0.1) is 31.9 Å². The third kappa shape index (κ3) is 17.2. The number of nitrogens with one attached hydrogen (secondary N) is 8. The molecule has 10 heterocycles. The maximum Gasteiger partial charge on any atom is 0.322 e. The van der Waals surface area contributed by atoms with Crippen molar-refractivity contribution in [2.45, 2.75) is 82.0 Å². The van der Waals surface area contributed by atoms with Gasteiger partial charge in [0.2, 0.25) is 0 Å². The monoisotopic (exact) mass is 1790 g/mol. The number of oxazole rings is 1. The second-order valence-electron chi connectivity index (χ2n) is 32.6. The topological polar surface area (TPSA) is 416 Å². The number of imide groups is 4. The zero-order valence-electron chi connectivity index (χ0n) is 70.8. The first-order chi connectivity index (χ1) is 64.3. The van der Waals surface area contributed by atoms with Gasteiger partial charge in [0, 0.05) is 59.6 Å². The number of carbonyl (C=O) groups is 12. The number of ether oxygens (including phenoxy) is 4. The summed E-state index contributed by atoms with van der Waals surface area (Å²) >= 11 is 0. The second kappa shape index (κ2) is 35.8. The van der Waals surface area contributed by atoms with Crippen LogP contribution in [0.15, 0.2) is 270 Å². The van der Waals surface area contributed by atoms with Crippen molar-refractivity contribution in [2.24, 2.45) is 0 Å². The Balaban J connectivity index is 0.000000119. The van der Waals surface area contributed by atoms with Crippen LogP contribution in [0.25, 0.3) is 11.0 Å². The first-order valence-electron chi connectivity index (χ1n) is 41.9. The van der Waals surface area contributed by atoms with Crippen LogP contribution in [0.2, 0.25) is 0 Å². The maximum absolute atomic E-state index is 13.6. The molecule has 0 radical (unpaired) electrons. The van der Waals surface area contributed by atoms with Gasteiger partial charge < -0.3 is 64.2 Å². The van der Waals surface area contributed by atoms with Crippen LogP contribution in [0.4, 0.5) is 28.0 Å². The van der Waals surface area contributed by atoms with Gasteiger partial charge in [0.1, 0.15) is 71.2 Å². The summed E-state index contributed by atoms with van der Waals surface area (Å²) in [6, 6.07) is 70.1. The Bertz CT molecular complexity index is 6900. The van der Waals surface area contributed by atoms with E-state index in [9.17, 15) is 66.3 Å². The molecule has 4 unspecified atom stereocenters. The molecule has 8 aliphatic heterocycles. The summed E-state index contributed by atoms with van der Waals surface area (Å²) in [7, 11) is 0. The summed E-state index contributed by atoms with van der Waals surface area (Å²) in [6.45, 7) is 5.26. The van der Waals surface area contributed by atoms with Gasteiger partial charge in [-0.25, -0.2) is 37.6 Å². The van der Waals surface area contributed by atoms with Crippen LogP contribution in [-0.4, -0.2) is 132 Å². The fraction of sp³-hybridized carbons (Fsp3) is 0.173. The first-order valence-corrected chi connectivity index (χ1v) is 41.9. The van der Waals surface area contributed by atoms with Crippen LogP contribution in [-0.2, 0) is 87.3 Å². The van der Waals surface area contributed by atoms with Crippen molar-refractivity contribution in [3.8, 4) is 28.7 Å². The van der Waals surface area contributed by atoms with Crippen molar-refractivity contribution in [1.82, 2.24) is 77.4 Å². The molecular formula is C98H79F2N15O18. The summed E-state index contributed by atoms with van der Waals surface area (Å²) in [5, 5.41) is 27.6. The minimum atomic E-state index is -1.53. The molecule has 35 heteroatoms. The van der Waals surface area contributed by atoms with Crippen molar-refractivity contribution < 1.29 is 94.3 Å². The second-order valence-corrected chi connectivity index (χ2v) is 32.6. The predicted octanol–water partition coefficient (Wildman–Crippen LogP) is 11.5. The molecule has 2 aromatic heterocycles.